The van der Waals surface area contributed by atoms with E-state index in [1.165, 1.54) is 6.07 Å². The topological polar surface area (TPSA) is 108 Å². The van der Waals surface area contributed by atoms with Gasteiger partial charge in [-0.3, -0.25) is 4.90 Å². The Kier molecular flexibility index (Phi) is 7.61. The van der Waals surface area contributed by atoms with Crippen molar-refractivity contribution >= 4 is 17.7 Å². The number of hydrogen-bond acceptors (Lipinski definition) is 7. The molecule has 1 aromatic heterocycles. The highest BCUT2D eigenvalue weighted by Gasteiger charge is 2.25. The van der Waals surface area contributed by atoms with Gasteiger partial charge in [0, 0.05) is 19.2 Å². The summed E-state index contributed by atoms with van der Waals surface area (Å²) in [6, 6.07) is 10.2. The molecular formula is C23H26ClN3O5. The molecule has 3 rings (SSSR count). The van der Waals surface area contributed by atoms with Crippen LogP contribution in [-0.4, -0.2) is 46.0 Å². The third kappa shape index (κ3) is 5.15. The smallest absolute Gasteiger partial charge is 0.414 e. The number of nitrogens with zero attached hydrogens (tertiary/aromatic N) is 2. The molecule has 8 nitrogen and oxygen atoms in total. The van der Waals surface area contributed by atoms with Gasteiger partial charge in [-0.2, -0.15) is 0 Å². The standard InChI is InChI=1S/C23H26ClN3O5/c1-4-25-23(30)31-22-20(15-9-7-14(8-10-15)13-27(5-2)6-3)21(32-26-22)16-11-17(24)19(29)12-18(16)28/h7-12,28-29H,4-6,13H2,1-3H3,(H,25,30). The zero-order valence-corrected chi connectivity index (χ0v) is 18.9. The Balaban J connectivity index is 2.07. The van der Waals surface area contributed by atoms with Gasteiger partial charge in [0.05, 0.1) is 16.1 Å². The number of nitrogens with one attached hydrogen (secondary N) is 1. The van der Waals surface area contributed by atoms with E-state index in [9.17, 15) is 15.0 Å². The maximum absolute atomic E-state index is 12.0. The number of aromatic nitrogens is 1. The third-order valence-electron chi connectivity index (χ3n) is 5.02. The molecule has 1 amide bonds. The molecule has 0 aliphatic carbocycles. The van der Waals surface area contributed by atoms with E-state index >= 15 is 0 Å². The molecule has 0 bridgehead atoms. The van der Waals surface area contributed by atoms with Crippen molar-refractivity contribution in [3.05, 3.63) is 47.0 Å². The Morgan fingerprint density at radius 2 is 1.81 bits per heavy atom. The van der Waals surface area contributed by atoms with E-state index in [2.05, 4.69) is 29.2 Å². The van der Waals surface area contributed by atoms with E-state index in [1.54, 1.807) is 6.92 Å². The highest BCUT2D eigenvalue weighted by molar-refractivity contribution is 6.32. The Bertz CT molecular complexity index is 1080. The van der Waals surface area contributed by atoms with Crippen LogP contribution in [0.3, 0.4) is 0 Å². The minimum atomic E-state index is -0.681. The maximum Gasteiger partial charge on any atom is 0.414 e. The summed E-state index contributed by atoms with van der Waals surface area (Å²) in [5, 5.41) is 26.6. The molecule has 0 radical (unpaired) electrons. The molecule has 0 atom stereocenters. The van der Waals surface area contributed by atoms with Crippen LogP contribution in [0.15, 0.2) is 40.9 Å². The van der Waals surface area contributed by atoms with Crippen LogP contribution in [0.1, 0.15) is 26.3 Å². The zero-order chi connectivity index (χ0) is 23.3. The lowest BCUT2D eigenvalue weighted by atomic mass is 10.00. The van der Waals surface area contributed by atoms with Gasteiger partial charge in [0.25, 0.3) is 5.88 Å². The van der Waals surface area contributed by atoms with E-state index in [-0.39, 0.29) is 33.7 Å². The number of benzene rings is 2. The number of aromatic hydroxyl groups is 2. The summed E-state index contributed by atoms with van der Waals surface area (Å²) < 4.78 is 10.8. The lowest BCUT2D eigenvalue weighted by Crippen LogP contribution is -2.26. The van der Waals surface area contributed by atoms with Gasteiger partial charge in [0.15, 0.2) is 5.76 Å². The summed E-state index contributed by atoms with van der Waals surface area (Å²) in [6.07, 6.45) is -0.681. The third-order valence-corrected chi connectivity index (χ3v) is 5.33. The lowest BCUT2D eigenvalue weighted by molar-refractivity contribution is 0.196. The van der Waals surface area contributed by atoms with Crippen molar-refractivity contribution in [2.75, 3.05) is 19.6 Å². The van der Waals surface area contributed by atoms with Crippen molar-refractivity contribution in [1.82, 2.24) is 15.4 Å². The number of carbonyl (C=O) groups excluding carboxylic acids is 1. The quantitative estimate of drug-likeness (QED) is 0.433. The second kappa shape index (κ2) is 10.4. The number of phenols is 2. The molecule has 9 heteroatoms. The fourth-order valence-corrected chi connectivity index (χ4v) is 3.43. The van der Waals surface area contributed by atoms with Crippen molar-refractivity contribution < 1.29 is 24.3 Å². The molecule has 1 heterocycles. The average molecular weight is 460 g/mol. The Labute approximate surface area is 191 Å². The molecule has 32 heavy (non-hydrogen) atoms. The number of ether oxygens (including phenoxy) is 1. The average Bonchev–Trinajstić information content (AvgIpc) is 3.18. The van der Waals surface area contributed by atoms with E-state index < -0.39 is 6.09 Å². The summed E-state index contributed by atoms with van der Waals surface area (Å²) in [5.41, 5.74) is 2.38. The van der Waals surface area contributed by atoms with Crippen molar-refractivity contribution in [2.45, 2.75) is 27.3 Å². The Hall–Kier alpha value is -3.23. The minimum Gasteiger partial charge on any atom is -0.507 e. The van der Waals surface area contributed by atoms with E-state index in [1.807, 2.05) is 24.3 Å². The molecule has 3 N–H and O–H groups in total. The molecule has 0 fully saturated rings. The number of rotatable bonds is 8. The van der Waals surface area contributed by atoms with Crippen LogP contribution in [0.4, 0.5) is 4.79 Å². The first kappa shape index (κ1) is 23.4. The van der Waals surface area contributed by atoms with E-state index in [0.717, 1.165) is 31.3 Å². The molecule has 0 spiro atoms. The van der Waals surface area contributed by atoms with Crippen LogP contribution in [0.2, 0.25) is 5.02 Å². The van der Waals surface area contributed by atoms with E-state index in [0.29, 0.717) is 17.7 Å². The minimum absolute atomic E-state index is 0.0286. The van der Waals surface area contributed by atoms with Gasteiger partial charge in [0.1, 0.15) is 11.5 Å². The predicted octanol–water partition coefficient (Wildman–Crippen LogP) is 5.02. The van der Waals surface area contributed by atoms with Crippen molar-refractivity contribution in [3.63, 3.8) is 0 Å². The van der Waals surface area contributed by atoms with Gasteiger partial charge in [-0.15, -0.1) is 0 Å². The molecule has 2 aromatic carbocycles. The Morgan fingerprint density at radius 1 is 1.12 bits per heavy atom. The van der Waals surface area contributed by atoms with Crippen LogP contribution in [0.5, 0.6) is 17.4 Å². The fraction of sp³-hybridized carbons (Fsp3) is 0.304. The largest absolute Gasteiger partial charge is 0.507 e. The second-order valence-electron chi connectivity index (χ2n) is 7.09. The predicted molar refractivity (Wildman–Crippen MR) is 122 cm³/mol. The van der Waals surface area contributed by atoms with Gasteiger partial charge >= 0.3 is 6.09 Å². The van der Waals surface area contributed by atoms with Gasteiger partial charge in [0.2, 0.25) is 0 Å². The van der Waals surface area contributed by atoms with E-state index in [4.69, 9.17) is 20.9 Å². The van der Waals surface area contributed by atoms with Crippen LogP contribution in [-0.2, 0) is 6.54 Å². The molecule has 0 saturated heterocycles. The van der Waals surface area contributed by atoms with Crippen LogP contribution in [0, 0.1) is 0 Å². The highest BCUT2D eigenvalue weighted by Crippen LogP contribution is 2.45. The monoisotopic (exact) mass is 459 g/mol. The van der Waals surface area contributed by atoms with Crippen LogP contribution in [0.25, 0.3) is 22.5 Å². The van der Waals surface area contributed by atoms with Gasteiger partial charge in [-0.05, 0) is 42.4 Å². The first-order valence-electron chi connectivity index (χ1n) is 10.4. The molecule has 170 valence electrons. The number of halogens is 1. The fourth-order valence-electron chi connectivity index (χ4n) is 3.27. The Morgan fingerprint density at radius 3 is 2.44 bits per heavy atom. The molecule has 0 aliphatic heterocycles. The van der Waals surface area contributed by atoms with Crippen molar-refractivity contribution in [2.24, 2.45) is 0 Å². The summed E-state index contributed by atoms with van der Waals surface area (Å²) in [4.78, 5) is 14.3. The van der Waals surface area contributed by atoms with Gasteiger partial charge in [-0.25, -0.2) is 4.79 Å². The van der Waals surface area contributed by atoms with Gasteiger partial charge in [-0.1, -0.05) is 49.7 Å². The number of hydrogen-bond donors (Lipinski definition) is 3. The van der Waals surface area contributed by atoms with Crippen molar-refractivity contribution in [1.29, 1.82) is 0 Å². The van der Waals surface area contributed by atoms with Gasteiger partial charge < -0.3 is 24.8 Å². The lowest BCUT2D eigenvalue weighted by Gasteiger charge is -2.18. The summed E-state index contributed by atoms with van der Waals surface area (Å²) in [7, 11) is 0. The normalized spacial score (nSPS) is 11.0. The molecule has 3 aromatic rings. The molecule has 0 unspecified atom stereocenters. The van der Waals surface area contributed by atoms with Crippen LogP contribution < -0.4 is 10.1 Å². The van der Waals surface area contributed by atoms with Crippen molar-refractivity contribution in [3.8, 4) is 39.8 Å². The first-order chi connectivity index (χ1) is 15.4. The number of phenolic OH excluding ortho intramolecular Hbond substituents is 2. The number of amides is 1. The summed E-state index contributed by atoms with van der Waals surface area (Å²) in [6.45, 7) is 9.07. The first-order valence-corrected chi connectivity index (χ1v) is 10.7. The highest BCUT2D eigenvalue weighted by atomic mass is 35.5. The summed E-state index contributed by atoms with van der Waals surface area (Å²) in [5.74, 6) is -0.424. The molecule has 0 saturated carbocycles. The molecular weight excluding hydrogens is 434 g/mol. The number of carbonyl (C=O) groups is 1. The SMILES string of the molecule is CCNC(=O)Oc1noc(-c2cc(Cl)c(O)cc2O)c1-c1ccc(CN(CC)CC)cc1. The maximum atomic E-state index is 12.0. The second-order valence-corrected chi connectivity index (χ2v) is 7.50. The molecule has 0 aliphatic rings. The summed E-state index contributed by atoms with van der Waals surface area (Å²) >= 11 is 6.04. The van der Waals surface area contributed by atoms with Crippen LogP contribution >= 0.6 is 11.6 Å². The zero-order valence-electron chi connectivity index (χ0n) is 18.2.